The number of rotatable bonds is 6. The molecule has 1 amide bonds. The Morgan fingerprint density at radius 3 is 2.44 bits per heavy atom. The minimum absolute atomic E-state index is 0.0780. The van der Waals surface area contributed by atoms with Crippen molar-refractivity contribution in [3.05, 3.63) is 35.4 Å². The number of ketones is 1. The summed E-state index contributed by atoms with van der Waals surface area (Å²) >= 11 is 0. The van der Waals surface area contributed by atoms with E-state index < -0.39 is 0 Å². The largest absolute Gasteiger partial charge is 0.353 e. The SMILES string of the molecule is Cc1ccc(C(=O)CCCC(=O)NC2CC2)cc1. The van der Waals surface area contributed by atoms with Crippen molar-refractivity contribution in [3.8, 4) is 0 Å². The normalized spacial score (nSPS) is 14.3. The van der Waals surface area contributed by atoms with Crippen molar-refractivity contribution >= 4 is 11.7 Å². The standard InChI is InChI=1S/C15H19NO2/c1-11-5-7-12(8-6-11)14(17)3-2-4-15(18)16-13-9-10-13/h5-8,13H,2-4,9-10H2,1H3,(H,16,18). The van der Waals surface area contributed by atoms with Crippen molar-refractivity contribution in [1.82, 2.24) is 5.32 Å². The molecule has 0 radical (unpaired) electrons. The Balaban J connectivity index is 1.70. The summed E-state index contributed by atoms with van der Waals surface area (Å²) in [6, 6.07) is 7.98. The molecule has 0 saturated heterocycles. The van der Waals surface area contributed by atoms with Crippen molar-refractivity contribution in [2.45, 2.75) is 45.1 Å². The van der Waals surface area contributed by atoms with Gasteiger partial charge in [0.25, 0.3) is 0 Å². The molecule has 3 nitrogen and oxygen atoms in total. The smallest absolute Gasteiger partial charge is 0.220 e. The Labute approximate surface area is 108 Å². The highest BCUT2D eigenvalue weighted by atomic mass is 16.1. The lowest BCUT2D eigenvalue weighted by Crippen LogP contribution is -2.25. The van der Waals surface area contributed by atoms with Crippen molar-refractivity contribution in [1.29, 1.82) is 0 Å². The first kappa shape index (κ1) is 12.8. The first-order valence-corrected chi connectivity index (χ1v) is 6.54. The van der Waals surface area contributed by atoms with Crippen molar-refractivity contribution in [2.75, 3.05) is 0 Å². The third kappa shape index (κ3) is 3.99. The van der Waals surface area contributed by atoms with Crippen LogP contribution in [0.4, 0.5) is 0 Å². The maximum absolute atomic E-state index is 11.8. The predicted molar refractivity (Wildman–Crippen MR) is 70.5 cm³/mol. The van der Waals surface area contributed by atoms with E-state index >= 15 is 0 Å². The van der Waals surface area contributed by atoms with E-state index in [-0.39, 0.29) is 11.7 Å². The third-order valence-electron chi connectivity index (χ3n) is 3.12. The van der Waals surface area contributed by atoms with Crippen molar-refractivity contribution in [3.63, 3.8) is 0 Å². The van der Waals surface area contributed by atoms with Gasteiger partial charge in [0.1, 0.15) is 0 Å². The molecule has 1 aliphatic rings. The minimum Gasteiger partial charge on any atom is -0.353 e. The Hall–Kier alpha value is -1.64. The van der Waals surface area contributed by atoms with Crippen LogP contribution in [-0.4, -0.2) is 17.7 Å². The number of aryl methyl sites for hydroxylation is 1. The number of hydrogen-bond donors (Lipinski definition) is 1. The molecule has 0 aromatic heterocycles. The molecular formula is C15H19NO2. The summed E-state index contributed by atoms with van der Waals surface area (Å²) in [6.07, 6.45) is 3.74. The summed E-state index contributed by atoms with van der Waals surface area (Å²) in [5, 5.41) is 2.92. The molecule has 96 valence electrons. The first-order valence-electron chi connectivity index (χ1n) is 6.54. The van der Waals surface area contributed by atoms with Gasteiger partial charge in [0.2, 0.25) is 5.91 Å². The van der Waals surface area contributed by atoms with Gasteiger partial charge in [-0.2, -0.15) is 0 Å². The molecule has 3 heteroatoms. The topological polar surface area (TPSA) is 46.2 Å². The molecule has 1 aromatic rings. The second-order valence-electron chi connectivity index (χ2n) is 4.98. The lowest BCUT2D eigenvalue weighted by molar-refractivity contribution is -0.121. The Kier molecular flexibility index (Phi) is 4.13. The second kappa shape index (κ2) is 5.80. The highest BCUT2D eigenvalue weighted by Crippen LogP contribution is 2.19. The second-order valence-corrected chi connectivity index (χ2v) is 4.98. The highest BCUT2D eigenvalue weighted by molar-refractivity contribution is 5.96. The van der Waals surface area contributed by atoms with Gasteiger partial charge in [-0.05, 0) is 26.2 Å². The van der Waals surface area contributed by atoms with Gasteiger partial charge in [-0.25, -0.2) is 0 Å². The van der Waals surface area contributed by atoms with E-state index in [0.29, 0.717) is 25.3 Å². The number of Topliss-reactive ketones (excluding diaryl/α,β-unsaturated/α-hetero) is 1. The Morgan fingerprint density at radius 2 is 1.83 bits per heavy atom. The van der Waals surface area contributed by atoms with Crippen LogP contribution in [-0.2, 0) is 4.79 Å². The van der Waals surface area contributed by atoms with Crippen LogP contribution in [0.3, 0.4) is 0 Å². The molecule has 0 unspecified atom stereocenters. The number of carbonyl (C=O) groups is 2. The van der Waals surface area contributed by atoms with Gasteiger partial charge in [-0.15, -0.1) is 0 Å². The van der Waals surface area contributed by atoms with E-state index in [0.717, 1.165) is 24.0 Å². The van der Waals surface area contributed by atoms with Crippen LogP contribution in [0.2, 0.25) is 0 Å². The Bertz CT molecular complexity index is 432. The zero-order valence-corrected chi connectivity index (χ0v) is 10.7. The van der Waals surface area contributed by atoms with Crippen molar-refractivity contribution < 1.29 is 9.59 Å². The monoisotopic (exact) mass is 245 g/mol. The summed E-state index contributed by atoms with van der Waals surface area (Å²) in [6.45, 7) is 2.00. The average molecular weight is 245 g/mol. The molecule has 1 saturated carbocycles. The highest BCUT2D eigenvalue weighted by Gasteiger charge is 2.22. The van der Waals surface area contributed by atoms with Gasteiger partial charge < -0.3 is 5.32 Å². The molecule has 0 atom stereocenters. The molecule has 0 aliphatic heterocycles. The van der Waals surface area contributed by atoms with E-state index in [1.54, 1.807) is 0 Å². The predicted octanol–water partition coefficient (Wildman–Crippen LogP) is 2.63. The summed E-state index contributed by atoms with van der Waals surface area (Å²) in [4.78, 5) is 23.3. The Morgan fingerprint density at radius 1 is 1.17 bits per heavy atom. The van der Waals surface area contributed by atoms with E-state index in [2.05, 4.69) is 5.32 Å². The summed E-state index contributed by atoms with van der Waals surface area (Å²) in [7, 11) is 0. The van der Waals surface area contributed by atoms with Gasteiger partial charge >= 0.3 is 0 Å². The van der Waals surface area contributed by atoms with Crippen LogP contribution in [0.15, 0.2) is 24.3 Å². The van der Waals surface area contributed by atoms with Gasteiger partial charge in [0.05, 0.1) is 0 Å². The fourth-order valence-electron chi connectivity index (χ4n) is 1.82. The summed E-state index contributed by atoms with van der Waals surface area (Å²) in [5.74, 6) is 0.198. The molecule has 1 fully saturated rings. The molecule has 1 aromatic carbocycles. The molecule has 0 heterocycles. The third-order valence-corrected chi connectivity index (χ3v) is 3.12. The number of benzene rings is 1. The molecule has 1 N–H and O–H groups in total. The molecular weight excluding hydrogens is 226 g/mol. The number of amides is 1. The molecule has 2 rings (SSSR count). The van der Waals surface area contributed by atoms with Crippen molar-refractivity contribution in [2.24, 2.45) is 0 Å². The van der Waals surface area contributed by atoms with Gasteiger partial charge in [0.15, 0.2) is 5.78 Å². The van der Waals surface area contributed by atoms with Crippen LogP contribution in [0.25, 0.3) is 0 Å². The van der Waals surface area contributed by atoms with Gasteiger partial charge in [0, 0.05) is 24.4 Å². The summed E-state index contributed by atoms with van der Waals surface area (Å²) in [5.41, 5.74) is 1.89. The van der Waals surface area contributed by atoms with E-state index in [9.17, 15) is 9.59 Å². The molecule has 0 bridgehead atoms. The van der Waals surface area contributed by atoms with E-state index in [1.807, 2.05) is 31.2 Å². The molecule has 18 heavy (non-hydrogen) atoms. The zero-order valence-electron chi connectivity index (χ0n) is 10.7. The molecule has 0 spiro atoms. The zero-order chi connectivity index (χ0) is 13.0. The average Bonchev–Trinajstić information content (AvgIpc) is 3.13. The van der Waals surface area contributed by atoms with Crippen LogP contribution in [0, 0.1) is 6.92 Å². The number of nitrogens with one attached hydrogen (secondary N) is 1. The lowest BCUT2D eigenvalue weighted by Gasteiger charge is -2.03. The van der Waals surface area contributed by atoms with Crippen LogP contribution in [0.5, 0.6) is 0 Å². The maximum atomic E-state index is 11.8. The number of carbonyl (C=O) groups excluding carboxylic acids is 2. The number of hydrogen-bond acceptors (Lipinski definition) is 2. The van der Waals surface area contributed by atoms with Crippen LogP contribution in [0.1, 0.15) is 48.0 Å². The van der Waals surface area contributed by atoms with Gasteiger partial charge in [-0.1, -0.05) is 29.8 Å². The quantitative estimate of drug-likeness (QED) is 0.783. The fraction of sp³-hybridized carbons (Fsp3) is 0.467. The maximum Gasteiger partial charge on any atom is 0.220 e. The minimum atomic E-state index is 0.0780. The first-order chi connectivity index (χ1) is 8.65. The summed E-state index contributed by atoms with van der Waals surface area (Å²) < 4.78 is 0. The van der Waals surface area contributed by atoms with E-state index in [4.69, 9.17) is 0 Å². The van der Waals surface area contributed by atoms with E-state index in [1.165, 1.54) is 0 Å². The lowest BCUT2D eigenvalue weighted by atomic mass is 10.0. The van der Waals surface area contributed by atoms with Crippen LogP contribution >= 0.6 is 0 Å². The molecule has 1 aliphatic carbocycles. The fourth-order valence-corrected chi connectivity index (χ4v) is 1.82. The van der Waals surface area contributed by atoms with Crippen LogP contribution < -0.4 is 5.32 Å². The van der Waals surface area contributed by atoms with Gasteiger partial charge in [-0.3, -0.25) is 9.59 Å².